The van der Waals surface area contributed by atoms with Gasteiger partial charge in [-0.1, -0.05) is 12.1 Å². The molecule has 1 aromatic carbocycles. The van der Waals surface area contributed by atoms with Crippen LogP contribution in [0.15, 0.2) is 30.5 Å². The molecule has 1 heterocycles. The van der Waals surface area contributed by atoms with Gasteiger partial charge in [0, 0.05) is 5.69 Å². The largest absolute Gasteiger partial charge is 0.330 e. The molecule has 0 amide bonds. The van der Waals surface area contributed by atoms with Crippen molar-refractivity contribution in [3.05, 3.63) is 52.8 Å². The van der Waals surface area contributed by atoms with Gasteiger partial charge >= 0.3 is 0 Å². The van der Waals surface area contributed by atoms with Crippen LogP contribution in [-0.4, -0.2) is 16.3 Å². The Labute approximate surface area is 118 Å². The number of aromatic nitrogens is 2. The van der Waals surface area contributed by atoms with Crippen molar-refractivity contribution < 1.29 is 0 Å². The highest BCUT2D eigenvalue weighted by atomic mass is 15.3. The lowest BCUT2D eigenvalue weighted by Gasteiger charge is -2.21. The highest BCUT2D eigenvalue weighted by Crippen LogP contribution is 2.30. The molecule has 1 aromatic heterocycles. The third-order valence-corrected chi connectivity index (χ3v) is 4.09. The molecule has 1 atom stereocenters. The van der Waals surface area contributed by atoms with Crippen molar-refractivity contribution in [2.24, 2.45) is 5.73 Å². The van der Waals surface area contributed by atoms with Crippen molar-refractivity contribution in [3.8, 4) is 6.07 Å². The van der Waals surface area contributed by atoms with Crippen LogP contribution in [0, 0.1) is 11.3 Å². The van der Waals surface area contributed by atoms with E-state index in [-0.39, 0.29) is 0 Å². The van der Waals surface area contributed by atoms with Gasteiger partial charge in [-0.05, 0) is 55.0 Å². The Morgan fingerprint density at radius 1 is 1.35 bits per heavy atom. The number of nitriles is 1. The lowest BCUT2D eigenvalue weighted by molar-refractivity contribution is 0.531. The summed E-state index contributed by atoms with van der Waals surface area (Å²) in [6.07, 6.45) is 5.43. The molecule has 0 bridgehead atoms. The minimum absolute atomic E-state index is 0.466. The topological polar surface area (TPSA) is 67.6 Å². The highest BCUT2D eigenvalue weighted by molar-refractivity contribution is 5.32. The van der Waals surface area contributed by atoms with Crippen LogP contribution < -0.4 is 5.73 Å². The first kappa shape index (κ1) is 12.9. The van der Waals surface area contributed by atoms with Crippen LogP contribution >= 0.6 is 0 Å². The SMILES string of the molecule is N#Cc1ccc(Cn2ncc3c2CCCC3CN)cc1. The van der Waals surface area contributed by atoms with Crippen molar-refractivity contribution in [2.45, 2.75) is 31.7 Å². The summed E-state index contributed by atoms with van der Waals surface area (Å²) in [6.45, 7) is 1.47. The first-order valence-corrected chi connectivity index (χ1v) is 7.05. The quantitative estimate of drug-likeness (QED) is 0.925. The van der Waals surface area contributed by atoms with Crippen molar-refractivity contribution in [2.75, 3.05) is 6.54 Å². The maximum atomic E-state index is 8.82. The van der Waals surface area contributed by atoms with E-state index < -0.39 is 0 Å². The van der Waals surface area contributed by atoms with Crippen LogP contribution in [0.2, 0.25) is 0 Å². The fourth-order valence-electron chi connectivity index (χ4n) is 2.95. The van der Waals surface area contributed by atoms with E-state index in [1.54, 1.807) is 0 Å². The van der Waals surface area contributed by atoms with Gasteiger partial charge in [-0.3, -0.25) is 4.68 Å². The lowest BCUT2D eigenvalue weighted by Crippen LogP contribution is -2.19. The Balaban J connectivity index is 1.84. The average Bonchev–Trinajstić information content (AvgIpc) is 2.91. The molecule has 2 N–H and O–H groups in total. The molecule has 1 aliphatic rings. The molecule has 4 heteroatoms. The predicted octanol–water partition coefficient (Wildman–Crippen LogP) is 2.18. The van der Waals surface area contributed by atoms with E-state index in [2.05, 4.69) is 15.8 Å². The monoisotopic (exact) mass is 266 g/mol. The molecular formula is C16H18N4. The number of benzene rings is 1. The first-order valence-electron chi connectivity index (χ1n) is 7.05. The zero-order chi connectivity index (χ0) is 13.9. The number of nitrogens with two attached hydrogens (primary N) is 1. The Morgan fingerprint density at radius 3 is 2.85 bits per heavy atom. The maximum absolute atomic E-state index is 8.82. The third kappa shape index (κ3) is 2.33. The zero-order valence-corrected chi connectivity index (χ0v) is 11.4. The number of hydrogen-bond acceptors (Lipinski definition) is 3. The van der Waals surface area contributed by atoms with Gasteiger partial charge in [0.25, 0.3) is 0 Å². The average molecular weight is 266 g/mol. The summed E-state index contributed by atoms with van der Waals surface area (Å²) in [5.41, 5.74) is 10.4. The zero-order valence-electron chi connectivity index (χ0n) is 11.4. The third-order valence-electron chi connectivity index (χ3n) is 4.09. The lowest BCUT2D eigenvalue weighted by atomic mass is 9.87. The van der Waals surface area contributed by atoms with Gasteiger partial charge in [0.05, 0.1) is 24.4 Å². The van der Waals surface area contributed by atoms with Crippen molar-refractivity contribution >= 4 is 0 Å². The summed E-state index contributed by atoms with van der Waals surface area (Å²) >= 11 is 0. The number of nitrogens with zero attached hydrogens (tertiary/aromatic N) is 3. The van der Waals surface area contributed by atoms with Crippen molar-refractivity contribution in [3.63, 3.8) is 0 Å². The van der Waals surface area contributed by atoms with Crippen LogP contribution in [0.4, 0.5) is 0 Å². The van der Waals surface area contributed by atoms with Crippen LogP contribution in [0.1, 0.15) is 41.1 Å². The molecule has 2 aromatic rings. The summed E-state index contributed by atoms with van der Waals surface area (Å²) in [7, 11) is 0. The Bertz CT molecular complexity index is 633. The normalized spacial score (nSPS) is 17.5. The van der Waals surface area contributed by atoms with E-state index in [4.69, 9.17) is 11.0 Å². The molecule has 0 radical (unpaired) electrons. The summed E-state index contributed by atoms with van der Waals surface area (Å²) in [5.74, 6) is 0.466. The molecule has 1 aliphatic carbocycles. The van der Waals surface area contributed by atoms with E-state index in [1.807, 2.05) is 30.5 Å². The highest BCUT2D eigenvalue weighted by Gasteiger charge is 2.22. The maximum Gasteiger partial charge on any atom is 0.0991 e. The van der Waals surface area contributed by atoms with E-state index in [0.717, 1.165) is 13.0 Å². The van der Waals surface area contributed by atoms with E-state index in [0.29, 0.717) is 18.0 Å². The van der Waals surface area contributed by atoms with Gasteiger partial charge in [-0.25, -0.2) is 0 Å². The van der Waals surface area contributed by atoms with Crippen LogP contribution in [-0.2, 0) is 13.0 Å². The molecule has 1 unspecified atom stereocenters. The van der Waals surface area contributed by atoms with Gasteiger partial charge in [0.1, 0.15) is 0 Å². The Hall–Kier alpha value is -2.12. The summed E-state index contributed by atoms with van der Waals surface area (Å²) in [5, 5.41) is 13.4. The second kappa shape index (κ2) is 5.48. The number of hydrogen-bond donors (Lipinski definition) is 1. The molecule has 0 spiro atoms. The predicted molar refractivity (Wildman–Crippen MR) is 77.2 cm³/mol. The molecule has 0 fully saturated rings. The molecular weight excluding hydrogens is 248 g/mol. The first-order chi connectivity index (χ1) is 9.81. The Kier molecular flexibility index (Phi) is 3.53. The summed E-state index contributed by atoms with van der Waals surface area (Å²) in [6, 6.07) is 9.84. The second-order valence-corrected chi connectivity index (χ2v) is 5.34. The van der Waals surface area contributed by atoms with Gasteiger partial charge in [0.15, 0.2) is 0 Å². The smallest absolute Gasteiger partial charge is 0.0991 e. The van der Waals surface area contributed by atoms with Gasteiger partial charge in [-0.2, -0.15) is 10.4 Å². The molecule has 0 aliphatic heterocycles. The summed E-state index contributed by atoms with van der Waals surface area (Å²) in [4.78, 5) is 0. The molecule has 0 saturated carbocycles. The Morgan fingerprint density at radius 2 is 2.15 bits per heavy atom. The van der Waals surface area contributed by atoms with E-state index in [1.165, 1.54) is 29.7 Å². The molecule has 102 valence electrons. The molecule has 4 nitrogen and oxygen atoms in total. The van der Waals surface area contributed by atoms with Crippen LogP contribution in [0.3, 0.4) is 0 Å². The minimum Gasteiger partial charge on any atom is -0.330 e. The van der Waals surface area contributed by atoms with Crippen LogP contribution in [0.25, 0.3) is 0 Å². The van der Waals surface area contributed by atoms with Crippen LogP contribution in [0.5, 0.6) is 0 Å². The fraction of sp³-hybridized carbons (Fsp3) is 0.375. The molecule has 0 saturated heterocycles. The van der Waals surface area contributed by atoms with Gasteiger partial charge in [-0.15, -0.1) is 0 Å². The van der Waals surface area contributed by atoms with E-state index >= 15 is 0 Å². The number of rotatable bonds is 3. The van der Waals surface area contributed by atoms with Crippen molar-refractivity contribution in [1.29, 1.82) is 5.26 Å². The van der Waals surface area contributed by atoms with Crippen molar-refractivity contribution in [1.82, 2.24) is 9.78 Å². The number of fused-ring (bicyclic) bond motifs is 1. The van der Waals surface area contributed by atoms with Gasteiger partial charge in [0.2, 0.25) is 0 Å². The van der Waals surface area contributed by atoms with E-state index in [9.17, 15) is 0 Å². The molecule has 20 heavy (non-hydrogen) atoms. The fourth-order valence-corrected chi connectivity index (χ4v) is 2.95. The second-order valence-electron chi connectivity index (χ2n) is 5.34. The minimum atomic E-state index is 0.466. The molecule has 3 rings (SSSR count). The summed E-state index contributed by atoms with van der Waals surface area (Å²) < 4.78 is 2.08. The van der Waals surface area contributed by atoms with Gasteiger partial charge < -0.3 is 5.73 Å². The standard InChI is InChI=1S/C16H18N4/c17-8-12-4-6-13(7-5-12)11-20-16-3-1-2-14(9-18)15(16)10-19-20/h4-7,10,14H,1-3,9,11,18H2.